The van der Waals surface area contributed by atoms with E-state index in [1.54, 1.807) is 0 Å². The quantitative estimate of drug-likeness (QED) is 0.422. The fourth-order valence-corrected chi connectivity index (χ4v) is 4.32. The summed E-state index contributed by atoms with van der Waals surface area (Å²) in [5.41, 5.74) is 4.42. The Bertz CT molecular complexity index is 992. The summed E-state index contributed by atoms with van der Waals surface area (Å²) >= 11 is 0. The van der Waals surface area contributed by atoms with Crippen LogP contribution in [0.4, 0.5) is 4.79 Å². The number of carbonyl (C=O) groups is 3. The van der Waals surface area contributed by atoms with Gasteiger partial charge in [0, 0.05) is 26.1 Å². The number of fused-ring (bicyclic) bond motifs is 3. The molecule has 8 nitrogen and oxygen atoms in total. The zero-order valence-corrected chi connectivity index (χ0v) is 20.5. The van der Waals surface area contributed by atoms with Crippen LogP contribution >= 0.6 is 0 Å². The molecule has 2 unspecified atom stereocenters. The fraction of sp³-hybridized carbons (Fsp3) is 0.444. The first-order valence-corrected chi connectivity index (χ1v) is 12.0. The van der Waals surface area contributed by atoms with E-state index in [-0.39, 0.29) is 25.6 Å². The first-order valence-electron chi connectivity index (χ1n) is 12.0. The Kier molecular flexibility index (Phi) is 9.25. The number of carbonyl (C=O) groups excluding carboxylic acids is 2. The average molecular weight is 483 g/mol. The van der Waals surface area contributed by atoms with Gasteiger partial charge in [0.05, 0.1) is 0 Å². The van der Waals surface area contributed by atoms with Gasteiger partial charge in [0.2, 0.25) is 5.91 Å². The molecule has 0 saturated carbocycles. The Morgan fingerprint density at radius 3 is 2.03 bits per heavy atom. The molecule has 2 atom stereocenters. The number of aliphatic carboxylic acids is 1. The third kappa shape index (κ3) is 6.82. The van der Waals surface area contributed by atoms with E-state index in [4.69, 9.17) is 9.47 Å². The van der Waals surface area contributed by atoms with Crippen LogP contribution in [0.2, 0.25) is 0 Å². The van der Waals surface area contributed by atoms with Crippen molar-refractivity contribution in [1.82, 2.24) is 10.6 Å². The minimum absolute atomic E-state index is 0.105. The van der Waals surface area contributed by atoms with Crippen LogP contribution in [0.25, 0.3) is 11.1 Å². The van der Waals surface area contributed by atoms with Crippen molar-refractivity contribution >= 4 is 18.0 Å². The SMILES string of the molecule is COCCC(NC(=O)OCC1c2ccccc2-c2ccccc21)C(=O)NC(CCC(C)C)C(=O)O. The van der Waals surface area contributed by atoms with E-state index >= 15 is 0 Å². The summed E-state index contributed by atoms with van der Waals surface area (Å²) < 4.78 is 10.6. The first-order chi connectivity index (χ1) is 16.8. The number of nitrogens with one attached hydrogen (secondary N) is 2. The van der Waals surface area contributed by atoms with E-state index in [1.807, 2.05) is 50.2 Å². The molecule has 0 heterocycles. The van der Waals surface area contributed by atoms with Gasteiger partial charge in [0.1, 0.15) is 18.7 Å². The molecule has 1 aliphatic carbocycles. The molecular weight excluding hydrogens is 448 g/mol. The molecule has 188 valence electrons. The van der Waals surface area contributed by atoms with Gasteiger partial charge in [-0.2, -0.15) is 0 Å². The number of ether oxygens (including phenoxy) is 2. The second kappa shape index (κ2) is 12.4. The summed E-state index contributed by atoms with van der Waals surface area (Å²) in [7, 11) is 1.49. The number of carboxylic acid groups (broad SMARTS) is 1. The number of carboxylic acids is 1. The van der Waals surface area contributed by atoms with Crippen molar-refractivity contribution in [3.8, 4) is 11.1 Å². The third-order valence-electron chi connectivity index (χ3n) is 6.21. The largest absolute Gasteiger partial charge is 0.480 e. The molecular formula is C27H34N2O6. The molecule has 0 aromatic heterocycles. The zero-order valence-electron chi connectivity index (χ0n) is 20.5. The number of hydrogen-bond donors (Lipinski definition) is 3. The molecule has 3 rings (SSSR count). The van der Waals surface area contributed by atoms with Crippen molar-refractivity contribution in [2.45, 2.75) is 51.1 Å². The highest BCUT2D eigenvalue weighted by atomic mass is 16.5. The smallest absolute Gasteiger partial charge is 0.407 e. The second-order valence-electron chi connectivity index (χ2n) is 9.17. The lowest BCUT2D eigenvalue weighted by Crippen LogP contribution is -2.52. The molecule has 2 amide bonds. The van der Waals surface area contributed by atoms with Crippen LogP contribution in [-0.2, 0) is 19.1 Å². The van der Waals surface area contributed by atoms with Crippen LogP contribution in [0.1, 0.15) is 50.2 Å². The van der Waals surface area contributed by atoms with Crippen LogP contribution in [0.15, 0.2) is 48.5 Å². The van der Waals surface area contributed by atoms with E-state index < -0.39 is 30.1 Å². The minimum atomic E-state index is -1.11. The molecule has 0 radical (unpaired) electrons. The van der Waals surface area contributed by atoms with Crippen LogP contribution in [-0.4, -0.2) is 55.5 Å². The van der Waals surface area contributed by atoms with Gasteiger partial charge in [0.25, 0.3) is 0 Å². The Hall–Kier alpha value is -3.39. The molecule has 0 bridgehead atoms. The van der Waals surface area contributed by atoms with Crippen LogP contribution in [0.5, 0.6) is 0 Å². The highest BCUT2D eigenvalue weighted by Gasteiger charge is 2.30. The highest BCUT2D eigenvalue weighted by Crippen LogP contribution is 2.44. The van der Waals surface area contributed by atoms with E-state index in [1.165, 1.54) is 7.11 Å². The summed E-state index contributed by atoms with van der Waals surface area (Å²) in [6, 6.07) is 14.0. The highest BCUT2D eigenvalue weighted by molar-refractivity contribution is 5.89. The number of methoxy groups -OCH3 is 1. The maximum Gasteiger partial charge on any atom is 0.407 e. The van der Waals surface area contributed by atoms with Crippen LogP contribution in [0, 0.1) is 5.92 Å². The van der Waals surface area contributed by atoms with Gasteiger partial charge < -0.3 is 25.2 Å². The van der Waals surface area contributed by atoms with Gasteiger partial charge in [-0.3, -0.25) is 4.79 Å². The Morgan fingerprint density at radius 2 is 1.49 bits per heavy atom. The molecule has 8 heteroatoms. The van der Waals surface area contributed by atoms with Crippen molar-refractivity contribution in [3.63, 3.8) is 0 Å². The first kappa shape index (κ1) is 26.2. The zero-order chi connectivity index (χ0) is 25.4. The maximum absolute atomic E-state index is 12.8. The number of alkyl carbamates (subject to hydrolysis) is 1. The van der Waals surface area contributed by atoms with Gasteiger partial charge >= 0.3 is 12.1 Å². The number of amides is 2. The third-order valence-corrected chi connectivity index (χ3v) is 6.21. The fourth-order valence-electron chi connectivity index (χ4n) is 4.32. The van der Waals surface area contributed by atoms with E-state index in [0.717, 1.165) is 22.3 Å². The standard InChI is InChI=1S/C27H34N2O6/c1-17(2)12-13-24(26(31)32)28-25(30)23(14-15-34-3)29-27(33)35-16-22-20-10-6-4-8-18(20)19-9-5-7-11-21(19)22/h4-11,17,22-24H,12-16H2,1-3H3,(H,28,30)(H,29,33)(H,31,32). The lowest BCUT2D eigenvalue weighted by atomic mass is 9.98. The summed E-state index contributed by atoms with van der Waals surface area (Å²) in [5, 5.41) is 14.6. The second-order valence-corrected chi connectivity index (χ2v) is 9.17. The molecule has 2 aromatic carbocycles. The number of benzene rings is 2. The predicted molar refractivity (Wildman–Crippen MR) is 132 cm³/mol. The van der Waals surface area contributed by atoms with E-state index in [2.05, 4.69) is 22.8 Å². The Labute approximate surface area is 206 Å². The molecule has 0 aliphatic heterocycles. The summed E-state index contributed by atoms with van der Waals surface area (Å²) in [6.07, 6.45) is 0.404. The predicted octanol–water partition coefficient (Wildman–Crippen LogP) is 3.94. The van der Waals surface area contributed by atoms with Crippen LogP contribution < -0.4 is 10.6 Å². The van der Waals surface area contributed by atoms with Gasteiger partial charge in [-0.05, 0) is 41.0 Å². The van der Waals surface area contributed by atoms with Crippen molar-refractivity contribution < 1.29 is 29.0 Å². The van der Waals surface area contributed by atoms with Crippen molar-refractivity contribution in [1.29, 1.82) is 0 Å². The summed E-state index contributed by atoms with van der Waals surface area (Å²) in [5.74, 6) is -1.49. The topological polar surface area (TPSA) is 114 Å². The molecule has 35 heavy (non-hydrogen) atoms. The molecule has 3 N–H and O–H groups in total. The Balaban J connectivity index is 1.63. The molecule has 0 saturated heterocycles. The summed E-state index contributed by atoms with van der Waals surface area (Å²) in [4.78, 5) is 37.1. The van der Waals surface area contributed by atoms with E-state index in [0.29, 0.717) is 18.8 Å². The maximum atomic E-state index is 12.8. The van der Waals surface area contributed by atoms with Crippen LogP contribution in [0.3, 0.4) is 0 Å². The molecule has 2 aromatic rings. The van der Waals surface area contributed by atoms with Gasteiger partial charge in [-0.15, -0.1) is 0 Å². The minimum Gasteiger partial charge on any atom is -0.480 e. The normalized spacial score (nSPS) is 14.1. The molecule has 0 spiro atoms. The monoisotopic (exact) mass is 482 g/mol. The molecule has 1 aliphatic rings. The average Bonchev–Trinajstić information content (AvgIpc) is 3.16. The lowest BCUT2D eigenvalue weighted by Gasteiger charge is -2.22. The van der Waals surface area contributed by atoms with Crippen molar-refractivity contribution in [2.75, 3.05) is 20.3 Å². The number of hydrogen-bond acceptors (Lipinski definition) is 5. The molecule has 0 fully saturated rings. The van der Waals surface area contributed by atoms with Crippen molar-refractivity contribution in [3.05, 3.63) is 59.7 Å². The summed E-state index contributed by atoms with van der Waals surface area (Å²) in [6.45, 7) is 4.30. The Morgan fingerprint density at radius 1 is 0.886 bits per heavy atom. The van der Waals surface area contributed by atoms with Gasteiger partial charge in [0.15, 0.2) is 0 Å². The van der Waals surface area contributed by atoms with Gasteiger partial charge in [-0.25, -0.2) is 9.59 Å². The lowest BCUT2D eigenvalue weighted by molar-refractivity contribution is -0.142. The number of rotatable bonds is 12. The van der Waals surface area contributed by atoms with Gasteiger partial charge in [-0.1, -0.05) is 62.4 Å². The van der Waals surface area contributed by atoms with Crippen molar-refractivity contribution in [2.24, 2.45) is 5.92 Å². The van der Waals surface area contributed by atoms with E-state index in [9.17, 15) is 19.5 Å².